The Labute approximate surface area is 110 Å². The molecule has 16 heavy (non-hydrogen) atoms. The molecule has 1 aromatic rings. The Hall–Kier alpha value is -0.880. The second-order valence-corrected chi connectivity index (χ2v) is 5.36. The van der Waals surface area contributed by atoms with Crippen LogP contribution in [0.5, 0.6) is 0 Å². The first-order valence-electron chi connectivity index (χ1n) is 4.50. The second-order valence-electron chi connectivity index (χ2n) is 3.07. The topological polar surface area (TPSA) is 58.2 Å². The number of carbonyl (C=O) groups excluding carboxylic acids is 2. The third kappa shape index (κ3) is 3.94. The molecule has 4 nitrogen and oxygen atoms in total. The average Bonchev–Trinajstić information content (AvgIpc) is 2.26. The summed E-state index contributed by atoms with van der Waals surface area (Å²) in [6.45, 7) is 1.67. The van der Waals surface area contributed by atoms with Gasteiger partial charge in [0.15, 0.2) is 0 Å². The molecule has 0 aliphatic rings. The molecule has 0 fully saturated rings. The van der Waals surface area contributed by atoms with Crippen LogP contribution < -0.4 is 10.9 Å². The number of halogens is 2. The highest BCUT2D eigenvalue weighted by molar-refractivity contribution is 9.10. The first kappa shape index (κ1) is 13.2. The second kappa shape index (κ2) is 6.00. The average molecular weight is 350 g/mol. The van der Waals surface area contributed by atoms with Gasteiger partial charge in [-0.15, -0.1) is 0 Å². The number of nitrogens with one attached hydrogen (secondary N) is 2. The monoisotopic (exact) mass is 348 g/mol. The smallest absolute Gasteiger partial charge is 0.269 e. The maximum atomic E-state index is 11.5. The zero-order valence-electron chi connectivity index (χ0n) is 8.46. The van der Waals surface area contributed by atoms with Crippen molar-refractivity contribution in [3.8, 4) is 0 Å². The molecule has 0 aliphatic heterocycles. The van der Waals surface area contributed by atoms with Crippen LogP contribution in [0.1, 0.15) is 17.3 Å². The first-order valence-corrected chi connectivity index (χ1v) is 6.21. The lowest BCUT2D eigenvalue weighted by atomic mass is 10.2. The van der Waals surface area contributed by atoms with Crippen LogP contribution in [0.25, 0.3) is 0 Å². The molecule has 1 atom stereocenters. The largest absolute Gasteiger partial charge is 0.272 e. The molecule has 2 amide bonds. The molecule has 1 unspecified atom stereocenters. The SMILES string of the molecule is CC(Br)C(=O)NNC(=O)c1ccc(Br)cc1. The predicted molar refractivity (Wildman–Crippen MR) is 68.1 cm³/mol. The summed E-state index contributed by atoms with van der Waals surface area (Å²) in [5.74, 6) is -0.653. The summed E-state index contributed by atoms with van der Waals surface area (Å²) in [5.41, 5.74) is 5.09. The van der Waals surface area contributed by atoms with Gasteiger partial charge < -0.3 is 0 Å². The summed E-state index contributed by atoms with van der Waals surface area (Å²) in [6.07, 6.45) is 0. The number of benzene rings is 1. The minimum Gasteiger partial charge on any atom is -0.272 e. The number of carbonyl (C=O) groups is 2. The van der Waals surface area contributed by atoms with Crippen LogP contribution in [-0.4, -0.2) is 16.6 Å². The van der Waals surface area contributed by atoms with Crippen LogP contribution >= 0.6 is 31.9 Å². The molecule has 0 spiro atoms. The van der Waals surface area contributed by atoms with Crippen molar-refractivity contribution in [1.29, 1.82) is 0 Å². The minimum absolute atomic E-state index is 0.300. The Bertz CT molecular complexity index is 390. The number of hydrogen-bond acceptors (Lipinski definition) is 2. The summed E-state index contributed by atoms with van der Waals surface area (Å²) in [6, 6.07) is 6.82. The van der Waals surface area contributed by atoms with E-state index in [1.54, 1.807) is 31.2 Å². The molecule has 0 aromatic heterocycles. The van der Waals surface area contributed by atoms with Crippen LogP contribution in [0.15, 0.2) is 28.7 Å². The third-order valence-electron chi connectivity index (χ3n) is 1.77. The van der Waals surface area contributed by atoms with E-state index in [9.17, 15) is 9.59 Å². The third-order valence-corrected chi connectivity index (χ3v) is 2.71. The maximum absolute atomic E-state index is 11.5. The summed E-state index contributed by atoms with van der Waals surface area (Å²) in [4.78, 5) is 22.3. The van der Waals surface area contributed by atoms with Gasteiger partial charge >= 0.3 is 0 Å². The Morgan fingerprint density at radius 1 is 1.19 bits per heavy atom. The normalized spacial score (nSPS) is 11.7. The number of hydrogen-bond donors (Lipinski definition) is 2. The molecule has 0 saturated carbocycles. The Kier molecular flexibility index (Phi) is 4.95. The van der Waals surface area contributed by atoms with Gasteiger partial charge in [0.2, 0.25) is 0 Å². The van der Waals surface area contributed by atoms with Crippen molar-refractivity contribution in [3.05, 3.63) is 34.3 Å². The fourth-order valence-electron chi connectivity index (χ4n) is 0.891. The fraction of sp³-hybridized carbons (Fsp3) is 0.200. The maximum Gasteiger partial charge on any atom is 0.269 e. The Balaban J connectivity index is 2.53. The van der Waals surface area contributed by atoms with Crippen molar-refractivity contribution in [3.63, 3.8) is 0 Å². The van der Waals surface area contributed by atoms with Gasteiger partial charge in [-0.3, -0.25) is 20.4 Å². The van der Waals surface area contributed by atoms with Gasteiger partial charge in [0, 0.05) is 10.0 Å². The number of hydrazine groups is 1. The highest BCUT2D eigenvalue weighted by Crippen LogP contribution is 2.10. The van der Waals surface area contributed by atoms with Gasteiger partial charge in [0.25, 0.3) is 11.8 Å². The molecule has 0 radical (unpaired) electrons. The van der Waals surface area contributed by atoms with Crippen LogP contribution in [-0.2, 0) is 4.79 Å². The quantitative estimate of drug-likeness (QED) is 0.633. The minimum atomic E-state index is -0.353. The van der Waals surface area contributed by atoms with Crippen molar-refractivity contribution in [1.82, 2.24) is 10.9 Å². The lowest BCUT2D eigenvalue weighted by Gasteiger charge is -2.08. The van der Waals surface area contributed by atoms with Gasteiger partial charge in [0.1, 0.15) is 0 Å². The molecule has 0 saturated heterocycles. The zero-order valence-corrected chi connectivity index (χ0v) is 11.6. The van der Waals surface area contributed by atoms with E-state index in [4.69, 9.17) is 0 Å². The van der Waals surface area contributed by atoms with Crippen molar-refractivity contribution in [2.75, 3.05) is 0 Å². The summed E-state index contributed by atoms with van der Waals surface area (Å²) in [5, 5.41) is 0. The fourth-order valence-corrected chi connectivity index (χ4v) is 1.27. The summed E-state index contributed by atoms with van der Waals surface area (Å²) < 4.78 is 0.891. The van der Waals surface area contributed by atoms with Gasteiger partial charge in [-0.2, -0.15) is 0 Å². The van der Waals surface area contributed by atoms with E-state index < -0.39 is 0 Å². The predicted octanol–water partition coefficient (Wildman–Crippen LogP) is 1.99. The molecule has 1 rings (SSSR count). The van der Waals surface area contributed by atoms with Crippen molar-refractivity contribution >= 4 is 43.7 Å². The highest BCUT2D eigenvalue weighted by Gasteiger charge is 2.10. The molecular formula is C10H10Br2N2O2. The molecule has 86 valence electrons. The standard InChI is InChI=1S/C10H10Br2N2O2/c1-6(11)9(15)13-14-10(16)7-2-4-8(12)5-3-7/h2-6H,1H3,(H,13,15)(H,14,16). The van der Waals surface area contributed by atoms with E-state index in [-0.39, 0.29) is 16.6 Å². The van der Waals surface area contributed by atoms with E-state index in [0.717, 1.165) is 4.47 Å². The van der Waals surface area contributed by atoms with Crippen LogP contribution in [0.4, 0.5) is 0 Å². The molecule has 0 heterocycles. The Morgan fingerprint density at radius 3 is 2.25 bits per heavy atom. The molecule has 2 N–H and O–H groups in total. The molecule has 1 aromatic carbocycles. The van der Waals surface area contributed by atoms with Crippen LogP contribution in [0, 0.1) is 0 Å². The van der Waals surface area contributed by atoms with Gasteiger partial charge in [-0.25, -0.2) is 0 Å². The highest BCUT2D eigenvalue weighted by atomic mass is 79.9. The van der Waals surface area contributed by atoms with Gasteiger partial charge in [0.05, 0.1) is 4.83 Å². The van der Waals surface area contributed by atoms with Gasteiger partial charge in [-0.1, -0.05) is 31.9 Å². The van der Waals surface area contributed by atoms with E-state index >= 15 is 0 Å². The van der Waals surface area contributed by atoms with E-state index in [1.165, 1.54) is 0 Å². The molecular weight excluding hydrogens is 340 g/mol. The molecule has 0 aliphatic carbocycles. The first-order chi connectivity index (χ1) is 7.50. The van der Waals surface area contributed by atoms with E-state index in [2.05, 4.69) is 42.7 Å². The van der Waals surface area contributed by atoms with Crippen molar-refractivity contribution in [2.45, 2.75) is 11.8 Å². The number of amides is 2. The number of rotatable bonds is 2. The number of alkyl halides is 1. The lowest BCUT2D eigenvalue weighted by Crippen LogP contribution is -2.44. The van der Waals surface area contributed by atoms with E-state index in [0.29, 0.717) is 5.56 Å². The Morgan fingerprint density at radius 2 is 1.75 bits per heavy atom. The lowest BCUT2D eigenvalue weighted by molar-refractivity contribution is -0.120. The molecule has 0 bridgehead atoms. The van der Waals surface area contributed by atoms with Gasteiger partial charge in [-0.05, 0) is 31.2 Å². The van der Waals surface area contributed by atoms with Crippen LogP contribution in [0.2, 0.25) is 0 Å². The van der Waals surface area contributed by atoms with Crippen molar-refractivity contribution < 1.29 is 9.59 Å². The molecule has 6 heteroatoms. The van der Waals surface area contributed by atoms with Crippen molar-refractivity contribution in [2.24, 2.45) is 0 Å². The zero-order chi connectivity index (χ0) is 12.1. The van der Waals surface area contributed by atoms with Crippen LogP contribution in [0.3, 0.4) is 0 Å². The summed E-state index contributed by atoms with van der Waals surface area (Å²) >= 11 is 6.35. The van der Waals surface area contributed by atoms with E-state index in [1.807, 2.05) is 0 Å². The summed E-state index contributed by atoms with van der Waals surface area (Å²) in [7, 11) is 0.